The number of guanidine groups is 1. The van der Waals surface area contributed by atoms with E-state index < -0.39 is 17.0 Å². The summed E-state index contributed by atoms with van der Waals surface area (Å²) in [7, 11) is 0. The first-order chi connectivity index (χ1) is 7.34. The van der Waals surface area contributed by atoms with E-state index in [-0.39, 0.29) is 18.4 Å². The van der Waals surface area contributed by atoms with Gasteiger partial charge in [-0.25, -0.2) is 15.1 Å². The summed E-state index contributed by atoms with van der Waals surface area (Å²) < 4.78 is 0. The molecule has 2 atom stereocenters. The molecule has 9 nitrogen and oxygen atoms in total. The van der Waals surface area contributed by atoms with Gasteiger partial charge in [0.2, 0.25) is 0 Å². The van der Waals surface area contributed by atoms with Crippen LogP contribution in [0.5, 0.6) is 0 Å². The molecule has 0 saturated heterocycles. The number of hydrogen-bond donors (Lipinski definition) is 4. The van der Waals surface area contributed by atoms with Crippen molar-refractivity contribution in [1.29, 1.82) is 0 Å². The van der Waals surface area contributed by atoms with Crippen molar-refractivity contribution in [3.8, 4) is 0 Å². The molecule has 0 rings (SSSR count). The average molecular weight is 233 g/mol. The first-order valence-corrected chi connectivity index (χ1v) is 4.54. The third kappa shape index (κ3) is 5.75. The van der Waals surface area contributed by atoms with E-state index in [1.807, 2.05) is 0 Å². The number of hydrogen-bond acceptors (Lipinski definition) is 5. The van der Waals surface area contributed by atoms with Gasteiger partial charge in [-0.3, -0.25) is 4.79 Å². The Labute approximate surface area is 91.6 Å². The summed E-state index contributed by atoms with van der Waals surface area (Å²) in [6, 6.07) is -0.972. The maximum absolute atomic E-state index is 10.5. The summed E-state index contributed by atoms with van der Waals surface area (Å²) >= 11 is 0. The Morgan fingerprint density at radius 1 is 1.69 bits per heavy atom. The minimum absolute atomic E-state index is 0.175. The van der Waals surface area contributed by atoms with Gasteiger partial charge < -0.3 is 16.6 Å². The van der Waals surface area contributed by atoms with Crippen LogP contribution in [0.3, 0.4) is 0 Å². The van der Waals surface area contributed by atoms with Crippen molar-refractivity contribution < 1.29 is 14.9 Å². The molecule has 0 bridgehead atoms. The van der Waals surface area contributed by atoms with Crippen LogP contribution in [0.15, 0.2) is 4.99 Å². The van der Waals surface area contributed by atoms with E-state index in [0.717, 1.165) is 0 Å². The number of carboxylic acid groups (broad SMARTS) is 1. The average Bonchev–Trinajstić information content (AvgIpc) is 2.14. The number of nitro groups is 1. The van der Waals surface area contributed by atoms with Crippen LogP contribution in [-0.2, 0) is 4.79 Å². The minimum Gasteiger partial charge on any atom is -0.480 e. The van der Waals surface area contributed by atoms with E-state index in [1.54, 1.807) is 12.3 Å². The zero-order chi connectivity index (χ0) is 12.7. The molecule has 0 aliphatic heterocycles. The van der Waals surface area contributed by atoms with Crippen LogP contribution in [0.2, 0.25) is 0 Å². The molecule has 0 aliphatic rings. The second kappa shape index (κ2) is 6.56. The summed E-state index contributed by atoms with van der Waals surface area (Å²) in [5.41, 5.74) is 12.2. The predicted molar refractivity (Wildman–Crippen MR) is 56.0 cm³/mol. The lowest BCUT2D eigenvalue weighted by atomic mass is 9.99. The van der Waals surface area contributed by atoms with Crippen LogP contribution in [-0.4, -0.2) is 34.7 Å². The highest BCUT2D eigenvalue weighted by molar-refractivity contribution is 5.76. The lowest BCUT2D eigenvalue weighted by Gasteiger charge is -2.14. The fourth-order valence-electron chi connectivity index (χ4n) is 0.940. The van der Waals surface area contributed by atoms with Gasteiger partial charge in [0, 0.05) is 6.54 Å². The Hall–Kier alpha value is -1.90. The number of rotatable bonds is 6. The number of carbonyl (C=O) groups is 1. The normalized spacial score (nSPS) is 15.2. The molecule has 2 unspecified atom stereocenters. The molecule has 9 heteroatoms. The predicted octanol–water partition coefficient (Wildman–Crippen LogP) is -1.48. The standard InChI is InChI=1S/C7H15N5O4/c1-4(5(8)6(13)14)2-3-10-7(9)11-12(15)16/h4-5H,2-3,8H2,1H3,(H,13,14)(H3,9,10,11). The van der Waals surface area contributed by atoms with E-state index in [2.05, 4.69) is 4.99 Å². The summed E-state index contributed by atoms with van der Waals surface area (Å²) in [5, 5.41) is 17.7. The highest BCUT2D eigenvalue weighted by Crippen LogP contribution is 2.06. The van der Waals surface area contributed by atoms with Gasteiger partial charge in [-0.2, -0.15) is 0 Å². The van der Waals surface area contributed by atoms with Crippen molar-refractivity contribution in [1.82, 2.24) is 5.43 Å². The first-order valence-electron chi connectivity index (χ1n) is 4.54. The number of nitrogens with two attached hydrogens (primary N) is 2. The quantitative estimate of drug-likeness (QED) is 0.188. The number of carboxylic acids is 1. The third-order valence-electron chi connectivity index (χ3n) is 1.97. The van der Waals surface area contributed by atoms with Gasteiger partial charge in [0.25, 0.3) is 5.96 Å². The molecule has 0 aromatic carbocycles. The van der Waals surface area contributed by atoms with E-state index in [4.69, 9.17) is 16.6 Å². The summed E-state index contributed by atoms with van der Waals surface area (Å²) in [6.07, 6.45) is 0.383. The molecule has 0 aromatic heterocycles. The van der Waals surface area contributed by atoms with Crippen LogP contribution in [0, 0.1) is 16.0 Å². The van der Waals surface area contributed by atoms with Crippen molar-refractivity contribution in [2.45, 2.75) is 19.4 Å². The number of nitrogens with zero attached hydrogens (tertiary/aromatic N) is 2. The lowest BCUT2D eigenvalue weighted by molar-refractivity contribution is -0.525. The smallest absolute Gasteiger partial charge is 0.320 e. The molecule has 0 saturated carbocycles. The van der Waals surface area contributed by atoms with E-state index in [9.17, 15) is 14.9 Å². The molecule has 92 valence electrons. The maximum atomic E-state index is 10.5. The fraction of sp³-hybridized carbons (Fsp3) is 0.714. The van der Waals surface area contributed by atoms with Gasteiger partial charge >= 0.3 is 5.97 Å². The van der Waals surface area contributed by atoms with E-state index >= 15 is 0 Å². The largest absolute Gasteiger partial charge is 0.480 e. The molecule has 6 N–H and O–H groups in total. The summed E-state index contributed by atoms with van der Waals surface area (Å²) in [4.78, 5) is 24.1. The summed E-state index contributed by atoms with van der Waals surface area (Å²) in [6.45, 7) is 1.83. The molecule has 0 spiro atoms. The van der Waals surface area contributed by atoms with Crippen molar-refractivity contribution in [3.05, 3.63) is 10.1 Å². The van der Waals surface area contributed by atoms with Gasteiger partial charge in [0.15, 0.2) is 5.03 Å². The monoisotopic (exact) mass is 233 g/mol. The van der Waals surface area contributed by atoms with Crippen LogP contribution in [0.25, 0.3) is 0 Å². The zero-order valence-electron chi connectivity index (χ0n) is 8.79. The first kappa shape index (κ1) is 14.1. The Bertz CT molecular complexity index is 293. The molecule has 0 aliphatic carbocycles. The Kier molecular flexibility index (Phi) is 5.78. The Balaban J connectivity index is 3.97. The maximum Gasteiger partial charge on any atom is 0.320 e. The number of aliphatic imine (C=N–C) groups is 1. The van der Waals surface area contributed by atoms with Crippen LogP contribution in [0.4, 0.5) is 0 Å². The van der Waals surface area contributed by atoms with Crippen LogP contribution in [0.1, 0.15) is 13.3 Å². The van der Waals surface area contributed by atoms with Crippen LogP contribution >= 0.6 is 0 Å². The second-order valence-electron chi connectivity index (χ2n) is 3.27. The highest BCUT2D eigenvalue weighted by atomic mass is 16.7. The van der Waals surface area contributed by atoms with Crippen LogP contribution < -0.4 is 16.9 Å². The van der Waals surface area contributed by atoms with Crippen molar-refractivity contribution in [2.75, 3.05) is 6.54 Å². The molecule has 16 heavy (non-hydrogen) atoms. The van der Waals surface area contributed by atoms with Crippen molar-refractivity contribution in [2.24, 2.45) is 22.4 Å². The Morgan fingerprint density at radius 3 is 2.69 bits per heavy atom. The highest BCUT2D eigenvalue weighted by Gasteiger charge is 2.19. The number of nitrogens with one attached hydrogen (secondary N) is 1. The molecule has 0 aromatic rings. The Morgan fingerprint density at radius 2 is 2.25 bits per heavy atom. The molecule has 0 radical (unpaired) electrons. The van der Waals surface area contributed by atoms with Crippen molar-refractivity contribution >= 4 is 11.9 Å². The number of hydrazine groups is 1. The van der Waals surface area contributed by atoms with Gasteiger partial charge in [0.05, 0.1) is 0 Å². The lowest BCUT2D eigenvalue weighted by Crippen LogP contribution is -2.38. The molecule has 0 fully saturated rings. The number of aliphatic carboxylic acids is 1. The molecule has 0 amide bonds. The van der Waals surface area contributed by atoms with Gasteiger partial charge in [-0.05, 0) is 12.3 Å². The third-order valence-corrected chi connectivity index (χ3v) is 1.97. The molecular formula is C7H15N5O4. The van der Waals surface area contributed by atoms with E-state index in [1.165, 1.54) is 0 Å². The van der Waals surface area contributed by atoms with Gasteiger partial charge in [-0.1, -0.05) is 12.3 Å². The second-order valence-corrected chi connectivity index (χ2v) is 3.27. The SMILES string of the molecule is CC(CCN=C(N)N[N+](=O)[O-])C(N)C(=O)O. The van der Waals surface area contributed by atoms with Gasteiger partial charge in [-0.15, -0.1) is 0 Å². The minimum atomic E-state index is -1.09. The topological polar surface area (TPSA) is 157 Å². The van der Waals surface area contributed by atoms with E-state index in [0.29, 0.717) is 6.42 Å². The zero-order valence-corrected chi connectivity index (χ0v) is 8.79. The molecule has 0 heterocycles. The van der Waals surface area contributed by atoms with Gasteiger partial charge in [0.1, 0.15) is 6.04 Å². The fourth-order valence-corrected chi connectivity index (χ4v) is 0.940. The summed E-state index contributed by atoms with van der Waals surface area (Å²) in [5.74, 6) is -1.70. The molecular weight excluding hydrogens is 218 g/mol. The van der Waals surface area contributed by atoms with Crippen molar-refractivity contribution in [3.63, 3.8) is 0 Å².